The number of carboxylic acid groups (broad SMARTS) is 1. The number of imidazole rings is 1. The minimum Gasteiger partial charge on any atom is -0.478 e. The lowest BCUT2D eigenvalue weighted by Gasteiger charge is -2.11. The van der Waals surface area contributed by atoms with Gasteiger partial charge in [0.1, 0.15) is 11.4 Å². The molecule has 4 rings (SSSR count). The molecule has 0 unspecified atom stereocenters. The number of carboxylic acids is 1. The number of rotatable bonds is 4. The van der Waals surface area contributed by atoms with E-state index in [9.17, 15) is 23.1 Å². The molecule has 0 atom stereocenters. The molecule has 0 bridgehead atoms. The Labute approximate surface area is 162 Å². The summed E-state index contributed by atoms with van der Waals surface area (Å²) in [6.07, 6.45) is -1.56. The SMILES string of the molecule is O=C(O)c1cc2ncc(-c3ccc(OC(F)(F)F)cc3)n2cc1-c1ccccc1. The highest BCUT2D eigenvalue weighted by molar-refractivity contribution is 5.97. The number of hydrogen-bond acceptors (Lipinski definition) is 3. The van der Waals surface area contributed by atoms with Crippen molar-refractivity contribution in [1.82, 2.24) is 9.38 Å². The Morgan fingerprint density at radius 3 is 2.31 bits per heavy atom. The summed E-state index contributed by atoms with van der Waals surface area (Å²) < 4.78 is 42.6. The van der Waals surface area contributed by atoms with Gasteiger partial charge in [0.05, 0.1) is 17.5 Å². The first-order valence-corrected chi connectivity index (χ1v) is 8.48. The van der Waals surface area contributed by atoms with Gasteiger partial charge >= 0.3 is 12.3 Å². The third-order valence-electron chi connectivity index (χ3n) is 4.35. The Bertz CT molecular complexity index is 1180. The number of aromatic nitrogens is 2. The lowest BCUT2D eigenvalue weighted by molar-refractivity contribution is -0.274. The van der Waals surface area contributed by atoms with Gasteiger partial charge in [-0.05, 0) is 35.9 Å². The number of nitrogens with zero attached hydrogens (tertiary/aromatic N) is 2. The van der Waals surface area contributed by atoms with Crippen LogP contribution in [0.15, 0.2) is 73.1 Å². The third kappa shape index (κ3) is 3.77. The minimum absolute atomic E-state index is 0.106. The molecule has 0 aliphatic rings. The molecule has 0 aliphatic heterocycles. The number of alkyl halides is 3. The van der Waals surface area contributed by atoms with Crippen LogP contribution in [0.5, 0.6) is 5.75 Å². The van der Waals surface area contributed by atoms with Crippen molar-refractivity contribution in [3.63, 3.8) is 0 Å². The van der Waals surface area contributed by atoms with Gasteiger partial charge in [0.15, 0.2) is 0 Å². The summed E-state index contributed by atoms with van der Waals surface area (Å²) in [5, 5.41) is 9.59. The van der Waals surface area contributed by atoms with Gasteiger partial charge in [-0.1, -0.05) is 30.3 Å². The van der Waals surface area contributed by atoms with Crippen LogP contribution in [0.3, 0.4) is 0 Å². The van der Waals surface area contributed by atoms with E-state index in [1.54, 1.807) is 34.9 Å². The molecule has 1 N–H and O–H groups in total. The van der Waals surface area contributed by atoms with Crippen LogP contribution in [0.1, 0.15) is 10.4 Å². The molecule has 0 saturated heterocycles. The summed E-state index contributed by atoms with van der Waals surface area (Å²) in [4.78, 5) is 16.0. The van der Waals surface area contributed by atoms with E-state index in [1.165, 1.54) is 36.5 Å². The second kappa shape index (κ2) is 6.97. The van der Waals surface area contributed by atoms with Crippen molar-refractivity contribution in [2.24, 2.45) is 0 Å². The Morgan fingerprint density at radius 2 is 1.69 bits per heavy atom. The van der Waals surface area contributed by atoms with E-state index in [-0.39, 0.29) is 11.3 Å². The summed E-state index contributed by atoms with van der Waals surface area (Å²) in [6.45, 7) is 0. The molecule has 5 nitrogen and oxygen atoms in total. The molecular weight excluding hydrogens is 385 g/mol. The highest BCUT2D eigenvalue weighted by Gasteiger charge is 2.31. The van der Waals surface area contributed by atoms with Crippen molar-refractivity contribution < 1.29 is 27.8 Å². The van der Waals surface area contributed by atoms with Gasteiger partial charge < -0.3 is 9.84 Å². The molecular formula is C21H13F3N2O3. The van der Waals surface area contributed by atoms with Crippen LogP contribution in [0.2, 0.25) is 0 Å². The number of benzene rings is 2. The van der Waals surface area contributed by atoms with E-state index >= 15 is 0 Å². The molecule has 2 heterocycles. The van der Waals surface area contributed by atoms with Crippen LogP contribution in [-0.2, 0) is 0 Å². The van der Waals surface area contributed by atoms with Gasteiger partial charge in [-0.25, -0.2) is 9.78 Å². The van der Waals surface area contributed by atoms with Gasteiger partial charge in [-0.2, -0.15) is 0 Å². The lowest BCUT2D eigenvalue weighted by Crippen LogP contribution is -2.16. The zero-order chi connectivity index (χ0) is 20.6. The molecule has 0 spiro atoms. The Morgan fingerprint density at radius 1 is 1.00 bits per heavy atom. The van der Waals surface area contributed by atoms with Crippen molar-refractivity contribution in [3.05, 3.63) is 78.6 Å². The van der Waals surface area contributed by atoms with E-state index in [2.05, 4.69) is 9.72 Å². The number of fused-ring (bicyclic) bond motifs is 1. The molecule has 4 aromatic rings. The fraction of sp³-hybridized carbons (Fsp3) is 0.0476. The van der Waals surface area contributed by atoms with Crippen LogP contribution in [0.25, 0.3) is 28.0 Å². The first-order valence-electron chi connectivity index (χ1n) is 8.48. The summed E-state index contributed by atoms with van der Waals surface area (Å²) in [5.41, 5.74) is 2.95. The maximum absolute atomic E-state index is 12.3. The number of pyridine rings is 1. The molecule has 0 amide bonds. The molecule has 146 valence electrons. The predicted molar refractivity (Wildman–Crippen MR) is 99.7 cm³/mol. The first kappa shape index (κ1) is 18.5. The number of ether oxygens (including phenoxy) is 1. The maximum atomic E-state index is 12.3. The summed E-state index contributed by atoms with van der Waals surface area (Å²) in [7, 11) is 0. The van der Waals surface area contributed by atoms with E-state index in [0.29, 0.717) is 22.5 Å². The van der Waals surface area contributed by atoms with Crippen molar-refractivity contribution in [2.45, 2.75) is 6.36 Å². The number of carbonyl (C=O) groups is 1. The number of hydrogen-bond donors (Lipinski definition) is 1. The van der Waals surface area contributed by atoms with Crippen LogP contribution < -0.4 is 4.74 Å². The van der Waals surface area contributed by atoms with Crippen molar-refractivity contribution in [2.75, 3.05) is 0 Å². The Hall–Kier alpha value is -3.81. The monoisotopic (exact) mass is 398 g/mol. The smallest absolute Gasteiger partial charge is 0.478 e. The Balaban J connectivity index is 1.82. The largest absolute Gasteiger partial charge is 0.573 e. The summed E-state index contributed by atoms with van der Waals surface area (Å²) in [6, 6.07) is 15.9. The van der Waals surface area contributed by atoms with Crippen molar-refractivity contribution in [3.8, 4) is 28.1 Å². The number of aromatic carboxylic acids is 1. The van der Waals surface area contributed by atoms with Crippen LogP contribution in [0.4, 0.5) is 13.2 Å². The molecule has 0 fully saturated rings. The third-order valence-corrected chi connectivity index (χ3v) is 4.35. The van der Waals surface area contributed by atoms with E-state index in [4.69, 9.17) is 0 Å². The molecule has 0 aliphatic carbocycles. The van der Waals surface area contributed by atoms with Crippen LogP contribution in [0, 0.1) is 0 Å². The molecule has 0 saturated carbocycles. The molecule has 2 aromatic heterocycles. The van der Waals surface area contributed by atoms with E-state index < -0.39 is 12.3 Å². The fourth-order valence-electron chi connectivity index (χ4n) is 3.09. The summed E-state index contributed by atoms with van der Waals surface area (Å²) >= 11 is 0. The quantitative estimate of drug-likeness (QED) is 0.509. The van der Waals surface area contributed by atoms with Crippen LogP contribution in [-0.4, -0.2) is 26.8 Å². The van der Waals surface area contributed by atoms with Gasteiger partial charge in [0.25, 0.3) is 0 Å². The second-order valence-electron chi connectivity index (χ2n) is 6.22. The maximum Gasteiger partial charge on any atom is 0.573 e. The average Bonchev–Trinajstić information content (AvgIpc) is 3.10. The molecule has 8 heteroatoms. The minimum atomic E-state index is -4.76. The topological polar surface area (TPSA) is 63.8 Å². The fourth-order valence-corrected chi connectivity index (χ4v) is 3.09. The number of halogens is 3. The van der Waals surface area contributed by atoms with Gasteiger partial charge in [0, 0.05) is 17.3 Å². The van der Waals surface area contributed by atoms with E-state index in [0.717, 1.165) is 5.56 Å². The van der Waals surface area contributed by atoms with Crippen molar-refractivity contribution in [1.29, 1.82) is 0 Å². The summed E-state index contributed by atoms with van der Waals surface area (Å²) in [5.74, 6) is -1.40. The standard InChI is InChI=1S/C21H13F3N2O3/c22-21(23,24)29-15-8-6-14(7-9-15)18-11-25-19-10-16(20(27)28)17(12-26(18)19)13-4-2-1-3-5-13/h1-12H,(H,27,28). The van der Waals surface area contributed by atoms with Crippen molar-refractivity contribution >= 4 is 11.6 Å². The zero-order valence-electron chi connectivity index (χ0n) is 14.7. The predicted octanol–water partition coefficient (Wildman–Crippen LogP) is 5.27. The molecule has 29 heavy (non-hydrogen) atoms. The van der Waals surface area contributed by atoms with Gasteiger partial charge in [-0.15, -0.1) is 13.2 Å². The normalized spacial score (nSPS) is 11.6. The zero-order valence-corrected chi connectivity index (χ0v) is 14.7. The highest BCUT2D eigenvalue weighted by atomic mass is 19.4. The van der Waals surface area contributed by atoms with Gasteiger partial charge in [0.2, 0.25) is 0 Å². The lowest BCUT2D eigenvalue weighted by atomic mass is 10.0. The Kier molecular flexibility index (Phi) is 4.46. The highest BCUT2D eigenvalue weighted by Crippen LogP contribution is 2.30. The average molecular weight is 398 g/mol. The van der Waals surface area contributed by atoms with E-state index in [1.807, 2.05) is 6.07 Å². The van der Waals surface area contributed by atoms with Gasteiger partial charge in [-0.3, -0.25) is 4.40 Å². The first-order chi connectivity index (χ1) is 13.8. The molecule has 0 radical (unpaired) electrons. The molecule has 2 aromatic carbocycles. The van der Waals surface area contributed by atoms with Crippen LogP contribution >= 0.6 is 0 Å². The second-order valence-corrected chi connectivity index (χ2v) is 6.22.